The van der Waals surface area contributed by atoms with Gasteiger partial charge in [0.15, 0.2) is 5.78 Å². The monoisotopic (exact) mass is 208 g/mol. The van der Waals surface area contributed by atoms with Gasteiger partial charge in [-0.1, -0.05) is 27.2 Å². The van der Waals surface area contributed by atoms with Crippen LogP contribution in [-0.2, 0) is 9.59 Å². The van der Waals surface area contributed by atoms with Gasteiger partial charge in [-0.25, -0.2) is 0 Å². The van der Waals surface area contributed by atoms with E-state index in [4.69, 9.17) is 0 Å². The molecular formula is C13H20O2. The lowest BCUT2D eigenvalue weighted by Gasteiger charge is -2.37. The summed E-state index contributed by atoms with van der Waals surface area (Å²) in [5.41, 5.74) is 0.328. The van der Waals surface area contributed by atoms with Gasteiger partial charge >= 0.3 is 0 Å². The summed E-state index contributed by atoms with van der Waals surface area (Å²) < 4.78 is 0. The largest absolute Gasteiger partial charge is 0.299 e. The quantitative estimate of drug-likeness (QED) is 0.526. The van der Waals surface area contributed by atoms with Crippen LogP contribution in [0, 0.1) is 10.8 Å². The van der Waals surface area contributed by atoms with Gasteiger partial charge in [-0.15, -0.1) is 0 Å². The fraction of sp³-hybridized carbons (Fsp3) is 0.692. The van der Waals surface area contributed by atoms with Crippen LogP contribution in [0.1, 0.15) is 46.5 Å². The highest BCUT2D eigenvalue weighted by atomic mass is 16.1. The van der Waals surface area contributed by atoms with Gasteiger partial charge in [-0.2, -0.15) is 0 Å². The molecule has 15 heavy (non-hydrogen) atoms. The van der Waals surface area contributed by atoms with E-state index in [1.807, 2.05) is 0 Å². The lowest BCUT2D eigenvalue weighted by atomic mass is 9.67. The van der Waals surface area contributed by atoms with E-state index in [0.717, 1.165) is 6.42 Å². The molecule has 0 bridgehead atoms. The van der Waals surface area contributed by atoms with Crippen molar-refractivity contribution in [3.8, 4) is 0 Å². The minimum Gasteiger partial charge on any atom is -0.299 e. The minimum absolute atomic E-state index is 0.0691. The van der Waals surface area contributed by atoms with Crippen molar-refractivity contribution < 1.29 is 9.59 Å². The standard InChI is InChI=1S/C13H20O2/c1-12(2)7-5-8-13(12,3)10-11(15)6-4-9-14/h4,6,9H,5,7-8,10H2,1-3H3. The van der Waals surface area contributed by atoms with Crippen LogP contribution in [0.25, 0.3) is 0 Å². The molecule has 1 atom stereocenters. The molecule has 0 heterocycles. The molecule has 1 saturated carbocycles. The van der Waals surface area contributed by atoms with Gasteiger partial charge in [0, 0.05) is 6.42 Å². The van der Waals surface area contributed by atoms with Crippen molar-refractivity contribution in [1.82, 2.24) is 0 Å². The van der Waals surface area contributed by atoms with E-state index in [2.05, 4.69) is 20.8 Å². The Morgan fingerprint density at radius 3 is 2.40 bits per heavy atom. The summed E-state index contributed by atoms with van der Waals surface area (Å²) in [4.78, 5) is 21.7. The maximum atomic E-state index is 11.6. The van der Waals surface area contributed by atoms with Crippen LogP contribution in [0.3, 0.4) is 0 Å². The number of hydrogen-bond acceptors (Lipinski definition) is 2. The second-order valence-electron chi connectivity index (χ2n) is 5.44. The van der Waals surface area contributed by atoms with Crippen LogP contribution >= 0.6 is 0 Å². The third kappa shape index (κ3) is 2.55. The zero-order valence-corrected chi connectivity index (χ0v) is 9.88. The first-order valence-corrected chi connectivity index (χ1v) is 5.56. The molecule has 0 amide bonds. The Kier molecular flexibility index (Phi) is 3.48. The van der Waals surface area contributed by atoms with Gasteiger partial charge in [0.05, 0.1) is 0 Å². The lowest BCUT2D eigenvalue weighted by Crippen LogP contribution is -2.31. The van der Waals surface area contributed by atoms with Gasteiger partial charge in [0.2, 0.25) is 0 Å². The highest BCUT2D eigenvalue weighted by Gasteiger charge is 2.45. The van der Waals surface area contributed by atoms with E-state index in [9.17, 15) is 9.59 Å². The van der Waals surface area contributed by atoms with Crippen molar-refractivity contribution in [2.45, 2.75) is 46.5 Å². The molecule has 0 spiro atoms. The zero-order valence-electron chi connectivity index (χ0n) is 9.88. The fourth-order valence-corrected chi connectivity index (χ4v) is 2.48. The second-order valence-corrected chi connectivity index (χ2v) is 5.44. The number of carbonyl (C=O) groups is 2. The number of rotatable bonds is 4. The van der Waals surface area contributed by atoms with Gasteiger partial charge in [-0.3, -0.25) is 9.59 Å². The molecule has 0 aliphatic heterocycles. The molecule has 2 nitrogen and oxygen atoms in total. The first-order chi connectivity index (χ1) is 6.91. The summed E-state index contributed by atoms with van der Waals surface area (Å²) in [5.74, 6) is 0.0691. The number of aldehydes is 1. The van der Waals surface area contributed by atoms with Crippen molar-refractivity contribution in [3.05, 3.63) is 12.2 Å². The van der Waals surface area contributed by atoms with Crippen LogP contribution in [0.15, 0.2) is 12.2 Å². The van der Waals surface area contributed by atoms with E-state index in [1.165, 1.54) is 25.0 Å². The Morgan fingerprint density at radius 2 is 1.93 bits per heavy atom. The van der Waals surface area contributed by atoms with E-state index in [1.54, 1.807) is 0 Å². The molecule has 0 N–H and O–H groups in total. The van der Waals surface area contributed by atoms with Crippen molar-refractivity contribution >= 4 is 12.1 Å². The Bertz CT molecular complexity index is 289. The molecule has 1 rings (SSSR count). The summed E-state index contributed by atoms with van der Waals surface area (Å²) in [6, 6.07) is 0. The van der Waals surface area contributed by atoms with Crippen LogP contribution < -0.4 is 0 Å². The molecule has 1 fully saturated rings. The molecule has 0 radical (unpaired) electrons. The van der Waals surface area contributed by atoms with E-state index < -0.39 is 0 Å². The normalized spacial score (nSPS) is 29.5. The molecule has 0 aromatic carbocycles. The van der Waals surface area contributed by atoms with E-state index in [0.29, 0.717) is 12.7 Å². The topological polar surface area (TPSA) is 34.1 Å². The molecule has 1 aliphatic carbocycles. The van der Waals surface area contributed by atoms with Gasteiger partial charge in [0.1, 0.15) is 6.29 Å². The Labute approximate surface area is 91.7 Å². The predicted molar refractivity (Wildman–Crippen MR) is 60.6 cm³/mol. The highest BCUT2D eigenvalue weighted by Crippen LogP contribution is 2.54. The smallest absolute Gasteiger partial charge is 0.156 e. The number of hydrogen-bond donors (Lipinski definition) is 0. The molecule has 1 aliphatic rings. The van der Waals surface area contributed by atoms with Crippen LogP contribution in [0.5, 0.6) is 0 Å². The SMILES string of the molecule is CC1(C)CCCC1(C)CC(=O)C=CC=O. The molecule has 0 aromatic rings. The molecule has 1 unspecified atom stereocenters. The zero-order chi connectivity index (χ0) is 11.5. The van der Waals surface area contributed by atoms with Gasteiger partial charge < -0.3 is 0 Å². The first-order valence-electron chi connectivity index (χ1n) is 5.56. The Hall–Kier alpha value is -0.920. The average Bonchev–Trinajstić information content (AvgIpc) is 2.38. The summed E-state index contributed by atoms with van der Waals surface area (Å²) in [7, 11) is 0. The molecule has 0 aromatic heterocycles. The first kappa shape index (κ1) is 12.2. The Morgan fingerprint density at radius 1 is 1.27 bits per heavy atom. The Balaban J connectivity index is 2.68. The molecular weight excluding hydrogens is 188 g/mol. The van der Waals surface area contributed by atoms with Crippen LogP contribution in [-0.4, -0.2) is 12.1 Å². The van der Waals surface area contributed by atoms with Gasteiger partial charge in [-0.05, 0) is 35.8 Å². The second kappa shape index (κ2) is 4.30. The summed E-state index contributed by atoms with van der Waals surface area (Å²) in [6.07, 6.45) is 7.40. The highest BCUT2D eigenvalue weighted by molar-refractivity contribution is 5.93. The van der Waals surface area contributed by atoms with Crippen molar-refractivity contribution in [3.63, 3.8) is 0 Å². The summed E-state index contributed by atoms with van der Waals surface area (Å²) in [6.45, 7) is 6.65. The summed E-state index contributed by atoms with van der Waals surface area (Å²) in [5, 5.41) is 0. The molecule has 2 heteroatoms. The summed E-state index contributed by atoms with van der Waals surface area (Å²) >= 11 is 0. The fourth-order valence-electron chi connectivity index (χ4n) is 2.48. The van der Waals surface area contributed by atoms with E-state index >= 15 is 0 Å². The predicted octanol–water partition coefficient (Wildman–Crippen LogP) is 2.92. The maximum absolute atomic E-state index is 11.6. The third-order valence-electron chi connectivity index (χ3n) is 4.09. The number of allylic oxidation sites excluding steroid dienone is 2. The van der Waals surface area contributed by atoms with Crippen LogP contribution in [0.2, 0.25) is 0 Å². The van der Waals surface area contributed by atoms with Crippen molar-refractivity contribution in [1.29, 1.82) is 0 Å². The van der Waals surface area contributed by atoms with Crippen molar-refractivity contribution in [2.24, 2.45) is 10.8 Å². The van der Waals surface area contributed by atoms with Gasteiger partial charge in [0.25, 0.3) is 0 Å². The minimum atomic E-state index is 0.0691. The number of ketones is 1. The lowest BCUT2D eigenvalue weighted by molar-refractivity contribution is -0.118. The maximum Gasteiger partial charge on any atom is 0.156 e. The van der Waals surface area contributed by atoms with Crippen molar-refractivity contribution in [2.75, 3.05) is 0 Å². The average molecular weight is 208 g/mol. The van der Waals surface area contributed by atoms with E-state index in [-0.39, 0.29) is 16.6 Å². The number of carbonyl (C=O) groups excluding carboxylic acids is 2. The molecule has 0 saturated heterocycles. The third-order valence-corrected chi connectivity index (χ3v) is 4.09. The van der Waals surface area contributed by atoms with Crippen LogP contribution in [0.4, 0.5) is 0 Å². The molecule has 84 valence electrons.